The number of fused-ring (bicyclic) bond motifs is 1. The van der Waals surface area contributed by atoms with Gasteiger partial charge in [0.25, 0.3) is 0 Å². The topological polar surface area (TPSA) is 63.7 Å². The minimum atomic E-state index is 0.0378. The number of hydrazine groups is 1. The number of anilines is 3. The number of aromatic nitrogens is 1. The number of hydrogen-bond donors (Lipinski definition) is 2. The van der Waals surface area contributed by atoms with Crippen LogP contribution in [0, 0.1) is 0 Å². The highest BCUT2D eigenvalue weighted by Gasteiger charge is 2.33. The maximum absolute atomic E-state index is 13.9. The van der Waals surface area contributed by atoms with Gasteiger partial charge in [-0.1, -0.05) is 43.3 Å². The third-order valence-electron chi connectivity index (χ3n) is 6.88. The zero-order chi connectivity index (χ0) is 25.8. The summed E-state index contributed by atoms with van der Waals surface area (Å²) in [5.74, 6) is 0.812. The van der Waals surface area contributed by atoms with Crippen molar-refractivity contribution in [3.63, 3.8) is 0 Å². The number of likely N-dealkylation sites (N-methyl/N-ethyl adjacent to an activating group) is 1. The van der Waals surface area contributed by atoms with Gasteiger partial charge in [0.2, 0.25) is 5.78 Å². The fourth-order valence-electron chi connectivity index (χ4n) is 4.88. The van der Waals surface area contributed by atoms with Crippen LogP contribution in [0.3, 0.4) is 0 Å². The third-order valence-corrected chi connectivity index (χ3v) is 6.88. The summed E-state index contributed by atoms with van der Waals surface area (Å²) in [5.41, 5.74) is 9.70. The van der Waals surface area contributed by atoms with Crippen LogP contribution in [0.1, 0.15) is 29.3 Å². The van der Waals surface area contributed by atoms with Gasteiger partial charge in [-0.15, -0.1) is 0 Å². The summed E-state index contributed by atoms with van der Waals surface area (Å²) in [7, 11) is 4.10. The van der Waals surface area contributed by atoms with E-state index in [1.165, 1.54) is 0 Å². The van der Waals surface area contributed by atoms with Crippen molar-refractivity contribution in [2.24, 2.45) is 0 Å². The predicted octanol–water partition coefficient (Wildman–Crippen LogP) is 5.11. The Bertz CT molecular complexity index is 1310. The Morgan fingerprint density at radius 2 is 1.65 bits per heavy atom. The van der Waals surface area contributed by atoms with Crippen LogP contribution in [0.4, 0.5) is 17.2 Å². The molecule has 0 atom stereocenters. The summed E-state index contributed by atoms with van der Waals surface area (Å²) in [4.78, 5) is 22.9. The van der Waals surface area contributed by atoms with E-state index in [0.29, 0.717) is 5.70 Å². The lowest BCUT2D eigenvalue weighted by molar-refractivity contribution is 0.102. The quantitative estimate of drug-likeness (QED) is 0.443. The minimum Gasteiger partial charge on any atom is -0.367 e. The van der Waals surface area contributed by atoms with Gasteiger partial charge in [0.05, 0.1) is 11.4 Å². The molecule has 3 aromatic rings. The summed E-state index contributed by atoms with van der Waals surface area (Å²) in [6.45, 7) is 5.86. The molecule has 0 unspecified atom stereocenters. The molecule has 0 radical (unpaired) electrons. The largest absolute Gasteiger partial charge is 0.367 e. The van der Waals surface area contributed by atoms with Crippen molar-refractivity contribution in [1.29, 1.82) is 0 Å². The van der Waals surface area contributed by atoms with E-state index in [4.69, 9.17) is 0 Å². The van der Waals surface area contributed by atoms with Gasteiger partial charge in [0.15, 0.2) is 0 Å². The monoisotopic (exact) mass is 494 g/mol. The minimum absolute atomic E-state index is 0.0378. The molecule has 1 saturated heterocycles. The van der Waals surface area contributed by atoms with Crippen molar-refractivity contribution in [1.82, 2.24) is 14.8 Å². The van der Waals surface area contributed by atoms with Crippen LogP contribution in [0.25, 0.3) is 5.57 Å². The molecular formula is C30H34N6O. The van der Waals surface area contributed by atoms with Crippen LogP contribution in [0.5, 0.6) is 0 Å². The Kier molecular flexibility index (Phi) is 7.23. The van der Waals surface area contributed by atoms with Crippen molar-refractivity contribution in [2.45, 2.75) is 13.3 Å². The number of Topliss-reactive ketones (excluding diaryl/α,β-unsaturated/α-hetero) is 1. The maximum Gasteiger partial charge on any atom is 0.211 e. The Labute approximate surface area is 219 Å². The first-order chi connectivity index (χ1) is 18.0. The standard InChI is InChI=1S/C30H34N6O/c1-4-9-25-24-10-5-6-11-26(24)30(37)28(29(25)36-20-18-34(2)19-21-36)32-22-13-15-23(16-14-22)35(3)33-27-12-7-8-17-31-27/h5-17,32H,4,18-21H2,1-3H3,(H,31,33)/b25-9+. The number of hydrogen-bond acceptors (Lipinski definition) is 7. The Balaban J connectivity index is 1.47. The number of benzene rings is 2. The summed E-state index contributed by atoms with van der Waals surface area (Å²) >= 11 is 0. The summed E-state index contributed by atoms with van der Waals surface area (Å²) in [6, 6.07) is 21.8. The van der Waals surface area contributed by atoms with Gasteiger partial charge < -0.3 is 15.1 Å². The van der Waals surface area contributed by atoms with Crippen LogP contribution in [0.15, 0.2) is 90.4 Å². The van der Waals surface area contributed by atoms with Gasteiger partial charge in [-0.05, 0) is 55.4 Å². The summed E-state index contributed by atoms with van der Waals surface area (Å²) in [5, 5.41) is 5.44. The number of nitrogens with zero attached hydrogens (tertiary/aromatic N) is 4. The van der Waals surface area contributed by atoms with Crippen LogP contribution >= 0.6 is 0 Å². The molecule has 1 fully saturated rings. The van der Waals surface area contributed by atoms with Crippen LogP contribution < -0.4 is 15.8 Å². The average molecular weight is 495 g/mol. The lowest BCUT2D eigenvalue weighted by atomic mass is 9.85. The van der Waals surface area contributed by atoms with Gasteiger partial charge in [-0.2, -0.15) is 0 Å². The number of allylic oxidation sites excluding steroid dienone is 3. The lowest BCUT2D eigenvalue weighted by Crippen LogP contribution is -2.45. The molecule has 1 aromatic heterocycles. The van der Waals surface area contributed by atoms with Crippen LogP contribution in [-0.4, -0.2) is 60.8 Å². The first kappa shape index (κ1) is 24.6. The number of rotatable bonds is 7. The smallest absolute Gasteiger partial charge is 0.211 e. The molecular weight excluding hydrogens is 460 g/mol. The molecule has 2 aromatic carbocycles. The fraction of sp³-hybridized carbons (Fsp3) is 0.267. The van der Waals surface area contributed by atoms with Crippen molar-refractivity contribution >= 4 is 28.5 Å². The van der Waals surface area contributed by atoms with Crippen LogP contribution in [-0.2, 0) is 0 Å². The number of pyridine rings is 1. The molecule has 5 rings (SSSR count). The van der Waals surface area contributed by atoms with Gasteiger partial charge >= 0.3 is 0 Å². The molecule has 1 aliphatic carbocycles. The molecule has 7 heteroatoms. The second kappa shape index (κ2) is 10.9. The zero-order valence-corrected chi connectivity index (χ0v) is 21.7. The second-order valence-electron chi connectivity index (χ2n) is 9.47. The maximum atomic E-state index is 13.9. The van der Waals surface area contributed by atoms with Crippen molar-refractivity contribution < 1.29 is 4.79 Å². The van der Waals surface area contributed by atoms with E-state index in [9.17, 15) is 4.79 Å². The molecule has 37 heavy (non-hydrogen) atoms. The molecule has 7 nitrogen and oxygen atoms in total. The highest BCUT2D eigenvalue weighted by atomic mass is 16.1. The van der Waals surface area contributed by atoms with Crippen molar-refractivity contribution in [3.05, 3.63) is 102 Å². The van der Waals surface area contributed by atoms with Crippen LogP contribution in [0.2, 0.25) is 0 Å². The first-order valence-corrected chi connectivity index (χ1v) is 12.9. The van der Waals surface area contributed by atoms with E-state index >= 15 is 0 Å². The molecule has 1 aliphatic heterocycles. The third kappa shape index (κ3) is 5.22. The Morgan fingerprint density at radius 1 is 0.946 bits per heavy atom. The SMILES string of the molecule is CC/C=C1/C(N2CCN(C)CC2)=C(Nc2ccc(N(C)Nc3ccccn3)cc2)C(=O)c2ccccc21. The number of piperazine rings is 1. The van der Waals surface area contributed by atoms with Gasteiger partial charge in [0, 0.05) is 56.2 Å². The van der Waals surface area contributed by atoms with E-state index in [2.05, 4.69) is 51.6 Å². The first-order valence-electron chi connectivity index (χ1n) is 12.9. The lowest BCUT2D eigenvalue weighted by Gasteiger charge is -2.39. The van der Waals surface area contributed by atoms with E-state index in [1.54, 1.807) is 6.20 Å². The van der Waals surface area contributed by atoms with Gasteiger partial charge in [0.1, 0.15) is 11.5 Å². The van der Waals surface area contributed by atoms with E-state index in [-0.39, 0.29) is 5.78 Å². The van der Waals surface area contributed by atoms with E-state index < -0.39 is 0 Å². The second-order valence-corrected chi connectivity index (χ2v) is 9.47. The highest BCUT2D eigenvalue weighted by molar-refractivity contribution is 6.18. The molecule has 2 aliphatic rings. The van der Waals surface area contributed by atoms with Gasteiger partial charge in [-0.3, -0.25) is 15.2 Å². The number of carbonyl (C=O) groups excluding carboxylic acids is 1. The predicted molar refractivity (Wildman–Crippen MR) is 151 cm³/mol. The van der Waals surface area contributed by atoms with E-state index in [1.807, 2.05) is 72.7 Å². The Morgan fingerprint density at radius 3 is 2.32 bits per heavy atom. The molecule has 0 spiro atoms. The number of nitrogens with one attached hydrogen (secondary N) is 2. The van der Waals surface area contributed by atoms with Gasteiger partial charge in [-0.25, -0.2) is 4.98 Å². The van der Waals surface area contributed by atoms with E-state index in [0.717, 1.165) is 72.2 Å². The zero-order valence-electron chi connectivity index (χ0n) is 21.7. The normalized spacial score (nSPS) is 17.1. The fourth-order valence-corrected chi connectivity index (χ4v) is 4.88. The van der Waals surface area contributed by atoms with Crippen molar-refractivity contribution in [2.75, 3.05) is 56.0 Å². The Hall–Kier alpha value is -4.10. The molecule has 2 heterocycles. The molecule has 0 bridgehead atoms. The number of carbonyl (C=O) groups is 1. The average Bonchev–Trinajstić information content (AvgIpc) is 2.93. The van der Waals surface area contributed by atoms with Crippen molar-refractivity contribution in [3.8, 4) is 0 Å². The molecule has 0 saturated carbocycles. The molecule has 190 valence electrons. The summed E-state index contributed by atoms with van der Waals surface area (Å²) < 4.78 is 0. The number of ketones is 1. The summed E-state index contributed by atoms with van der Waals surface area (Å²) in [6.07, 6.45) is 4.91. The highest BCUT2D eigenvalue weighted by Crippen LogP contribution is 2.38. The molecule has 0 amide bonds. The molecule has 2 N–H and O–H groups in total.